The van der Waals surface area contributed by atoms with Gasteiger partial charge in [0.15, 0.2) is 17.9 Å². The Labute approximate surface area is 273 Å². The fourth-order valence-electron chi connectivity index (χ4n) is 5.60. The second-order valence-corrected chi connectivity index (χ2v) is 12.9. The number of fused-ring (bicyclic) bond motifs is 1. The van der Waals surface area contributed by atoms with Crippen LogP contribution in [-0.2, 0) is 29.7 Å². The Morgan fingerprint density at radius 2 is 1.85 bits per heavy atom. The lowest BCUT2D eigenvalue weighted by Gasteiger charge is -2.23. The second-order valence-electron chi connectivity index (χ2n) is 12.9. The summed E-state index contributed by atoms with van der Waals surface area (Å²) in [4.78, 5) is 27.5. The lowest BCUT2D eigenvalue weighted by Crippen LogP contribution is -2.22. The average Bonchev–Trinajstić information content (AvgIpc) is 3.67. The molecular formula is C37H39FN4O5. The highest BCUT2D eigenvalue weighted by atomic mass is 19.1. The van der Waals surface area contributed by atoms with Crippen molar-refractivity contribution in [1.29, 1.82) is 0 Å². The number of pyridine rings is 1. The zero-order chi connectivity index (χ0) is 33.1. The van der Waals surface area contributed by atoms with Gasteiger partial charge in [0.1, 0.15) is 12.4 Å². The van der Waals surface area contributed by atoms with Crippen LogP contribution in [0.2, 0.25) is 0 Å². The summed E-state index contributed by atoms with van der Waals surface area (Å²) < 4.78 is 37.2. The topological polar surface area (TPSA) is 96.1 Å². The summed E-state index contributed by atoms with van der Waals surface area (Å²) in [5.74, 6) is -0.790. The number of aryl methyl sites for hydroxylation is 1. The van der Waals surface area contributed by atoms with Gasteiger partial charge in [0.2, 0.25) is 0 Å². The molecule has 1 aliphatic heterocycles. The number of benzene rings is 2. The third-order valence-electron chi connectivity index (χ3n) is 8.12. The fraction of sp³-hybridized carbons (Fsp3) is 0.324. The molecule has 0 radical (unpaired) electrons. The lowest BCUT2D eigenvalue weighted by atomic mass is 9.89. The third-order valence-corrected chi connectivity index (χ3v) is 8.12. The maximum atomic E-state index is 16.2. The Hall–Kier alpha value is -4.80. The van der Waals surface area contributed by atoms with E-state index in [0.29, 0.717) is 41.3 Å². The van der Waals surface area contributed by atoms with Crippen molar-refractivity contribution in [3.8, 4) is 16.9 Å². The Morgan fingerprint density at radius 3 is 2.55 bits per heavy atom. The smallest absolute Gasteiger partial charge is 0.257 e. The normalized spacial score (nSPS) is 15.1. The molecule has 2 aromatic carbocycles. The molecular weight excluding hydrogens is 599 g/mol. The third kappa shape index (κ3) is 7.29. The van der Waals surface area contributed by atoms with Crippen LogP contribution in [-0.4, -0.2) is 38.8 Å². The zero-order valence-corrected chi connectivity index (χ0v) is 27.1. The molecule has 0 spiro atoms. The van der Waals surface area contributed by atoms with E-state index in [9.17, 15) is 9.59 Å². The number of hydrogen-bond acceptors (Lipinski definition) is 6. The van der Waals surface area contributed by atoms with Crippen molar-refractivity contribution in [3.05, 3.63) is 107 Å². The highest BCUT2D eigenvalue weighted by molar-refractivity contribution is 6.12. The molecule has 1 N–H and O–H groups in total. The van der Waals surface area contributed by atoms with Gasteiger partial charge < -0.3 is 23.9 Å². The Kier molecular flexibility index (Phi) is 9.24. The average molecular weight is 639 g/mol. The maximum Gasteiger partial charge on any atom is 0.257 e. The summed E-state index contributed by atoms with van der Waals surface area (Å²) in [6.07, 6.45) is 7.46. The summed E-state index contributed by atoms with van der Waals surface area (Å²) in [6.45, 7) is 6.62. The standard InChI is InChI=1S/C37H39FN4O5/c1-37(2,3)35(43)32-19-29(31-18-27(13-14-42(31)32)46-22-24-10-6-5-7-11-24)36(44)40-30-17-25(23-47-33-12-8-9-15-45-33)16-28(34(30)38)26-20-39-41(4)21-26/h5-7,10-11,13-14,16-21,33H,8-9,12,15,22-23H2,1-4H3,(H,40,44). The van der Waals surface area contributed by atoms with Crippen LogP contribution in [0.15, 0.2) is 79.3 Å². The number of halogens is 1. The molecule has 1 saturated heterocycles. The van der Waals surface area contributed by atoms with Gasteiger partial charge in [0.05, 0.1) is 35.3 Å². The van der Waals surface area contributed by atoms with Gasteiger partial charge >= 0.3 is 0 Å². The molecule has 244 valence electrons. The molecule has 5 aromatic rings. The second kappa shape index (κ2) is 13.5. The van der Waals surface area contributed by atoms with Crippen LogP contribution in [0.3, 0.4) is 0 Å². The van der Waals surface area contributed by atoms with E-state index in [4.69, 9.17) is 14.2 Å². The van der Waals surface area contributed by atoms with E-state index in [-0.39, 0.29) is 35.5 Å². The molecule has 1 fully saturated rings. The number of carbonyl (C=O) groups excluding carboxylic acids is 2. The number of anilines is 1. The number of Topliss-reactive ketones (excluding diaryl/α,β-unsaturated/α-hetero) is 1. The highest BCUT2D eigenvalue weighted by Gasteiger charge is 2.29. The maximum absolute atomic E-state index is 16.2. The minimum atomic E-state index is -0.703. The Morgan fingerprint density at radius 1 is 1.04 bits per heavy atom. The van der Waals surface area contributed by atoms with E-state index in [1.165, 1.54) is 0 Å². The molecule has 4 heterocycles. The molecule has 1 unspecified atom stereocenters. The van der Waals surface area contributed by atoms with Crippen LogP contribution < -0.4 is 10.1 Å². The fourth-order valence-corrected chi connectivity index (χ4v) is 5.60. The van der Waals surface area contributed by atoms with Crippen LogP contribution in [0, 0.1) is 11.2 Å². The first kappa shape index (κ1) is 32.2. The van der Waals surface area contributed by atoms with Crippen molar-refractivity contribution in [3.63, 3.8) is 0 Å². The first-order chi connectivity index (χ1) is 22.6. The number of nitrogens with zero attached hydrogens (tertiary/aromatic N) is 3. The van der Waals surface area contributed by atoms with Crippen molar-refractivity contribution in [2.45, 2.75) is 59.5 Å². The van der Waals surface area contributed by atoms with Crippen molar-refractivity contribution in [2.24, 2.45) is 12.5 Å². The molecule has 47 heavy (non-hydrogen) atoms. The molecule has 1 amide bonds. The van der Waals surface area contributed by atoms with E-state index < -0.39 is 17.1 Å². The number of aromatic nitrogens is 3. The van der Waals surface area contributed by atoms with E-state index >= 15 is 4.39 Å². The van der Waals surface area contributed by atoms with Gasteiger partial charge in [0, 0.05) is 48.7 Å². The van der Waals surface area contributed by atoms with E-state index in [1.807, 2.05) is 51.1 Å². The number of nitrogens with one attached hydrogen (secondary N) is 1. The largest absolute Gasteiger partial charge is 0.489 e. The highest BCUT2D eigenvalue weighted by Crippen LogP contribution is 2.32. The van der Waals surface area contributed by atoms with E-state index in [2.05, 4.69) is 10.4 Å². The molecule has 0 bridgehead atoms. The van der Waals surface area contributed by atoms with Crippen LogP contribution in [0.4, 0.5) is 10.1 Å². The van der Waals surface area contributed by atoms with E-state index in [0.717, 1.165) is 24.8 Å². The monoisotopic (exact) mass is 638 g/mol. The number of carbonyl (C=O) groups is 2. The van der Waals surface area contributed by atoms with Crippen LogP contribution in [0.1, 0.15) is 72.0 Å². The number of amides is 1. The van der Waals surface area contributed by atoms with Crippen molar-refractivity contribution in [2.75, 3.05) is 11.9 Å². The SMILES string of the molecule is Cn1cc(-c2cc(COC3CCCCO3)cc(NC(=O)c3cc(C(=O)C(C)(C)C)n4ccc(OCc5ccccc5)cc34)c2F)cn1. The van der Waals surface area contributed by atoms with Crippen molar-refractivity contribution < 1.29 is 28.2 Å². The first-order valence-electron chi connectivity index (χ1n) is 15.8. The quantitative estimate of drug-likeness (QED) is 0.159. The Bertz CT molecular complexity index is 1900. The molecule has 1 aliphatic rings. The number of ketones is 1. The van der Waals surface area contributed by atoms with Crippen molar-refractivity contribution >= 4 is 22.9 Å². The lowest BCUT2D eigenvalue weighted by molar-refractivity contribution is -0.168. The molecule has 6 rings (SSSR count). The van der Waals surface area contributed by atoms with Gasteiger partial charge in [-0.15, -0.1) is 0 Å². The van der Waals surface area contributed by atoms with Gasteiger partial charge in [0.25, 0.3) is 5.91 Å². The zero-order valence-electron chi connectivity index (χ0n) is 27.1. The molecule has 1 atom stereocenters. The summed E-state index contributed by atoms with van der Waals surface area (Å²) >= 11 is 0. The first-order valence-corrected chi connectivity index (χ1v) is 15.8. The predicted octanol–water partition coefficient (Wildman–Crippen LogP) is 7.58. The number of ether oxygens (including phenoxy) is 3. The summed E-state index contributed by atoms with van der Waals surface area (Å²) in [7, 11) is 1.75. The minimum Gasteiger partial charge on any atom is -0.489 e. The van der Waals surface area contributed by atoms with E-state index in [1.54, 1.807) is 65.1 Å². The Balaban J connectivity index is 1.35. The molecule has 0 saturated carbocycles. The summed E-state index contributed by atoms with van der Waals surface area (Å²) in [5, 5.41) is 6.99. The van der Waals surface area contributed by atoms with Gasteiger partial charge in [-0.25, -0.2) is 4.39 Å². The number of rotatable bonds is 10. The molecule has 0 aliphatic carbocycles. The molecule has 10 heteroatoms. The van der Waals surface area contributed by atoms with Crippen molar-refractivity contribution in [1.82, 2.24) is 14.2 Å². The van der Waals surface area contributed by atoms with Crippen LogP contribution >= 0.6 is 0 Å². The van der Waals surface area contributed by atoms with Gasteiger partial charge in [-0.1, -0.05) is 51.1 Å². The van der Waals surface area contributed by atoms with Crippen LogP contribution in [0.5, 0.6) is 5.75 Å². The van der Waals surface area contributed by atoms with Crippen LogP contribution in [0.25, 0.3) is 16.6 Å². The summed E-state index contributed by atoms with van der Waals surface area (Å²) in [6, 6.07) is 18.1. The summed E-state index contributed by atoms with van der Waals surface area (Å²) in [5.41, 5.74) is 2.79. The van der Waals surface area contributed by atoms with Gasteiger partial charge in [-0.2, -0.15) is 5.10 Å². The predicted molar refractivity (Wildman–Crippen MR) is 177 cm³/mol. The molecule has 3 aromatic heterocycles. The number of hydrogen-bond donors (Lipinski definition) is 1. The van der Waals surface area contributed by atoms with Gasteiger partial charge in [-0.3, -0.25) is 14.3 Å². The van der Waals surface area contributed by atoms with Gasteiger partial charge in [-0.05, 0) is 54.7 Å². The molecule has 9 nitrogen and oxygen atoms in total. The minimum absolute atomic E-state index is 0.0148.